The molecule has 28 heavy (non-hydrogen) atoms. The Kier molecular flexibility index (Phi) is 5.51. The van der Waals surface area contributed by atoms with Crippen LogP contribution in [0.25, 0.3) is 22.3 Å². The lowest BCUT2D eigenvalue weighted by atomic mass is 10.1. The van der Waals surface area contributed by atoms with Gasteiger partial charge < -0.3 is 14.6 Å². The largest absolute Gasteiger partial charge is 0.493 e. The van der Waals surface area contributed by atoms with E-state index in [0.717, 1.165) is 6.07 Å². The molecule has 0 aliphatic rings. The number of nitrogens with one attached hydrogen (secondary N) is 1. The van der Waals surface area contributed by atoms with Crippen LogP contribution in [0.15, 0.2) is 30.6 Å². The van der Waals surface area contributed by atoms with E-state index in [9.17, 15) is 18.4 Å². The molecule has 1 aromatic carbocycles. The Hall–Kier alpha value is -3.12. The Morgan fingerprint density at radius 2 is 2.07 bits per heavy atom. The van der Waals surface area contributed by atoms with Crippen molar-refractivity contribution in [1.82, 2.24) is 19.9 Å². The van der Waals surface area contributed by atoms with Crippen LogP contribution in [-0.4, -0.2) is 34.7 Å². The fourth-order valence-electron chi connectivity index (χ4n) is 2.82. The van der Waals surface area contributed by atoms with Gasteiger partial charge in [-0.05, 0) is 44.3 Å². The van der Waals surface area contributed by atoms with E-state index in [4.69, 9.17) is 4.74 Å². The molecular weight excluding hydrogens is 371 g/mol. The molecule has 0 aliphatic carbocycles. The highest BCUT2D eigenvalue weighted by Gasteiger charge is 2.35. The molecule has 6 nitrogen and oxygen atoms in total. The van der Waals surface area contributed by atoms with Crippen LogP contribution in [0.1, 0.15) is 17.7 Å². The van der Waals surface area contributed by atoms with Crippen LogP contribution in [0.5, 0.6) is 5.75 Å². The molecule has 3 rings (SSSR count). The maximum absolute atomic E-state index is 13.6. The predicted octanol–water partition coefficient (Wildman–Crippen LogP) is 3.51. The molecule has 0 unspecified atom stereocenters. The zero-order valence-corrected chi connectivity index (χ0v) is 15.3. The summed E-state index contributed by atoms with van der Waals surface area (Å²) in [6.45, 7) is 0.812. The fourth-order valence-corrected chi connectivity index (χ4v) is 2.82. The second-order valence-electron chi connectivity index (χ2n) is 6.21. The molecular formula is C19H18F3N5O. The van der Waals surface area contributed by atoms with Crippen LogP contribution < -0.4 is 10.1 Å². The van der Waals surface area contributed by atoms with Gasteiger partial charge in [-0.15, -0.1) is 0 Å². The smallest absolute Gasteiger partial charge is 0.419 e. The average Bonchev–Trinajstić information content (AvgIpc) is 3.05. The molecule has 0 spiro atoms. The Morgan fingerprint density at radius 1 is 1.29 bits per heavy atom. The highest BCUT2D eigenvalue weighted by molar-refractivity contribution is 5.84. The van der Waals surface area contributed by atoms with Gasteiger partial charge in [0.15, 0.2) is 5.69 Å². The van der Waals surface area contributed by atoms with E-state index in [0.29, 0.717) is 24.0 Å². The summed E-state index contributed by atoms with van der Waals surface area (Å²) in [6, 6.07) is 7.36. The van der Waals surface area contributed by atoms with Crippen molar-refractivity contribution < 1.29 is 17.9 Å². The number of nitrogens with zero attached hydrogens (tertiary/aromatic N) is 4. The lowest BCUT2D eigenvalue weighted by Gasteiger charge is -2.15. The van der Waals surface area contributed by atoms with E-state index in [-0.39, 0.29) is 29.3 Å². The normalized spacial score (nSPS) is 11.6. The van der Waals surface area contributed by atoms with Gasteiger partial charge in [-0.3, -0.25) is 0 Å². The van der Waals surface area contributed by atoms with Gasteiger partial charge >= 0.3 is 6.18 Å². The number of nitriles is 1. The fraction of sp³-hybridized carbons (Fsp3) is 0.316. The number of pyridine rings is 1. The van der Waals surface area contributed by atoms with Crippen molar-refractivity contribution in [3.63, 3.8) is 0 Å². The van der Waals surface area contributed by atoms with Gasteiger partial charge in [0.1, 0.15) is 17.3 Å². The third kappa shape index (κ3) is 3.92. The molecule has 0 saturated heterocycles. The van der Waals surface area contributed by atoms with Crippen molar-refractivity contribution in [3.05, 3.63) is 41.9 Å². The first-order chi connectivity index (χ1) is 13.3. The minimum absolute atomic E-state index is 0.0639. The summed E-state index contributed by atoms with van der Waals surface area (Å²) >= 11 is 0. The Morgan fingerprint density at radius 3 is 2.75 bits per heavy atom. The van der Waals surface area contributed by atoms with Crippen LogP contribution in [0.4, 0.5) is 13.2 Å². The first-order valence-electron chi connectivity index (χ1n) is 8.56. The summed E-state index contributed by atoms with van der Waals surface area (Å²) in [7, 11) is 3.50. The first-order valence-corrected chi connectivity index (χ1v) is 8.56. The van der Waals surface area contributed by atoms with Crippen molar-refractivity contribution in [2.75, 3.05) is 20.2 Å². The highest BCUT2D eigenvalue weighted by Crippen LogP contribution is 2.39. The Bertz CT molecular complexity index is 1040. The van der Waals surface area contributed by atoms with Gasteiger partial charge in [-0.1, -0.05) is 0 Å². The van der Waals surface area contributed by atoms with Gasteiger partial charge in [0.25, 0.3) is 0 Å². The van der Waals surface area contributed by atoms with E-state index < -0.39 is 11.7 Å². The summed E-state index contributed by atoms with van der Waals surface area (Å²) in [5.74, 6) is -0.227. The molecule has 2 aromatic heterocycles. The number of ether oxygens (including phenoxy) is 1. The molecule has 0 aliphatic heterocycles. The second kappa shape index (κ2) is 7.86. The Labute approximate surface area is 159 Å². The number of benzene rings is 1. The molecule has 0 saturated carbocycles. The summed E-state index contributed by atoms with van der Waals surface area (Å²) in [5, 5.41) is 12.2. The lowest BCUT2D eigenvalue weighted by molar-refractivity contribution is -0.138. The summed E-state index contributed by atoms with van der Waals surface area (Å²) < 4.78 is 47.7. The maximum Gasteiger partial charge on any atom is 0.419 e. The quantitative estimate of drug-likeness (QED) is 0.653. The standard InChI is InChI=1S/C19H18F3N5O/c1-24-6-3-7-28-17-5-4-12(8-13(17)19(20,21)22)14-9-16-18(15(10-23)26-14)25-11-27(16)2/h4-5,8-9,11,24H,3,6-7H2,1-2H3. The minimum Gasteiger partial charge on any atom is -0.493 e. The third-order valence-corrected chi connectivity index (χ3v) is 4.23. The molecule has 3 aromatic rings. The summed E-state index contributed by atoms with van der Waals surface area (Å²) in [5.41, 5.74) is 0.722. The number of fused-ring (bicyclic) bond motifs is 1. The molecule has 0 atom stereocenters. The van der Waals surface area contributed by atoms with Gasteiger partial charge in [0.05, 0.1) is 29.7 Å². The molecule has 0 amide bonds. The van der Waals surface area contributed by atoms with Crippen LogP contribution >= 0.6 is 0 Å². The van der Waals surface area contributed by atoms with Gasteiger partial charge in [-0.25, -0.2) is 9.97 Å². The van der Waals surface area contributed by atoms with Gasteiger partial charge in [-0.2, -0.15) is 18.4 Å². The molecule has 1 N–H and O–H groups in total. The predicted molar refractivity (Wildman–Crippen MR) is 97.7 cm³/mol. The topological polar surface area (TPSA) is 75.8 Å². The highest BCUT2D eigenvalue weighted by atomic mass is 19.4. The van der Waals surface area contributed by atoms with Gasteiger partial charge in [0, 0.05) is 12.6 Å². The van der Waals surface area contributed by atoms with E-state index in [2.05, 4.69) is 15.3 Å². The number of rotatable bonds is 6. The maximum atomic E-state index is 13.6. The van der Waals surface area contributed by atoms with Crippen molar-refractivity contribution in [3.8, 4) is 23.1 Å². The van der Waals surface area contributed by atoms with Crippen LogP contribution in [0.2, 0.25) is 0 Å². The summed E-state index contributed by atoms with van der Waals surface area (Å²) in [4.78, 5) is 8.31. The number of aryl methyl sites for hydroxylation is 1. The third-order valence-electron chi connectivity index (χ3n) is 4.23. The molecule has 0 bridgehead atoms. The van der Waals surface area contributed by atoms with Crippen molar-refractivity contribution >= 4 is 11.0 Å². The Balaban J connectivity index is 2.04. The SMILES string of the molecule is CNCCCOc1ccc(-c2cc3c(ncn3C)c(C#N)n2)cc1C(F)(F)F. The van der Waals surface area contributed by atoms with E-state index in [1.54, 1.807) is 24.7 Å². The molecule has 2 heterocycles. The molecule has 0 fully saturated rings. The van der Waals surface area contributed by atoms with E-state index >= 15 is 0 Å². The van der Waals surface area contributed by atoms with Crippen molar-refractivity contribution in [1.29, 1.82) is 5.26 Å². The monoisotopic (exact) mass is 389 g/mol. The lowest BCUT2D eigenvalue weighted by Crippen LogP contribution is -2.14. The molecule has 9 heteroatoms. The zero-order valence-electron chi connectivity index (χ0n) is 15.3. The number of aromatic nitrogens is 3. The zero-order chi connectivity index (χ0) is 20.3. The second-order valence-corrected chi connectivity index (χ2v) is 6.21. The van der Waals surface area contributed by atoms with E-state index in [1.165, 1.54) is 18.5 Å². The van der Waals surface area contributed by atoms with Crippen LogP contribution in [0, 0.1) is 11.3 Å². The number of halogens is 3. The number of imidazole rings is 1. The van der Waals surface area contributed by atoms with Crippen LogP contribution in [-0.2, 0) is 13.2 Å². The number of hydrogen-bond donors (Lipinski definition) is 1. The van der Waals surface area contributed by atoms with Crippen LogP contribution in [0.3, 0.4) is 0 Å². The number of hydrogen-bond acceptors (Lipinski definition) is 5. The van der Waals surface area contributed by atoms with Crippen molar-refractivity contribution in [2.24, 2.45) is 7.05 Å². The summed E-state index contributed by atoms with van der Waals surface area (Å²) in [6.07, 6.45) is -2.47. The number of alkyl halides is 3. The average molecular weight is 389 g/mol. The van der Waals surface area contributed by atoms with Crippen molar-refractivity contribution in [2.45, 2.75) is 12.6 Å². The van der Waals surface area contributed by atoms with E-state index in [1.807, 2.05) is 6.07 Å². The first kappa shape index (κ1) is 19.6. The minimum atomic E-state index is -4.58. The molecule has 146 valence electrons. The van der Waals surface area contributed by atoms with Gasteiger partial charge in [0.2, 0.25) is 0 Å². The molecule has 0 radical (unpaired) electrons.